The molecule has 0 bridgehead atoms. The zero-order chi connectivity index (χ0) is 11.1. The Bertz CT molecular complexity index is 333. The molecule has 0 unspecified atom stereocenters. The predicted octanol–water partition coefficient (Wildman–Crippen LogP) is 1.32. The minimum atomic E-state index is -0.478. The van der Waals surface area contributed by atoms with Crippen molar-refractivity contribution in [1.29, 1.82) is 0 Å². The molecular formula is C12H15NO2. The number of carbonyl (C=O) groups is 2. The van der Waals surface area contributed by atoms with Crippen LogP contribution in [0.15, 0.2) is 30.3 Å². The van der Waals surface area contributed by atoms with E-state index in [-0.39, 0.29) is 12.2 Å². The number of amides is 1. The summed E-state index contributed by atoms with van der Waals surface area (Å²) >= 11 is 0. The summed E-state index contributed by atoms with van der Waals surface area (Å²) in [6, 6.07) is 9.67. The quantitative estimate of drug-likeness (QED) is 0.737. The van der Waals surface area contributed by atoms with Crippen LogP contribution in [0.4, 0.5) is 0 Å². The van der Waals surface area contributed by atoms with Crippen molar-refractivity contribution in [1.82, 2.24) is 5.32 Å². The maximum absolute atomic E-state index is 11.3. The van der Waals surface area contributed by atoms with Crippen LogP contribution in [0.25, 0.3) is 0 Å². The lowest BCUT2D eigenvalue weighted by molar-refractivity contribution is -0.137. The summed E-state index contributed by atoms with van der Waals surface area (Å²) < 4.78 is 0. The van der Waals surface area contributed by atoms with Gasteiger partial charge in [-0.1, -0.05) is 30.3 Å². The first-order valence-electron chi connectivity index (χ1n) is 5.09. The summed E-state index contributed by atoms with van der Waals surface area (Å²) in [5.74, 6) is -0.825. The molecule has 1 amide bonds. The van der Waals surface area contributed by atoms with Gasteiger partial charge in [-0.2, -0.15) is 0 Å². The van der Waals surface area contributed by atoms with E-state index < -0.39 is 5.91 Å². The van der Waals surface area contributed by atoms with E-state index in [9.17, 15) is 9.59 Å². The van der Waals surface area contributed by atoms with Crippen molar-refractivity contribution in [3.8, 4) is 0 Å². The van der Waals surface area contributed by atoms with E-state index in [1.807, 2.05) is 30.3 Å². The van der Waals surface area contributed by atoms with Crippen LogP contribution in [0.5, 0.6) is 0 Å². The molecule has 3 nitrogen and oxygen atoms in total. The second-order valence-electron chi connectivity index (χ2n) is 3.27. The molecule has 0 radical (unpaired) electrons. The van der Waals surface area contributed by atoms with E-state index in [2.05, 4.69) is 5.32 Å². The molecule has 80 valence electrons. The topological polar surface area (TPSA) is 46.2 Å². The molecule has 1 rings (SSSR count). The Morgan fingerprint density at radius 3 is 2.47 bits per heavy atom. The molecule has 1 aromatic rings. The fourth-order valence-corrected chi connectivity index (χ4v) is 1.28. The maximum Gasteiger partial charge on any atom is 0.287 e. The van der Waals surface area contributed by atoms with Crippen LogP contribution in [0.2, 0.25) is 0 Å². The van der Waals surface area contributed by atoms with Crippen molar-refractivity contribution in [2.45, 2.75) is 19.8 Å². The number of Topliss-reactive ketones (excluding diaryl/α,β-unsaturated/α-hetero) is 1. The van der Waals surface area contributed by atoms with Gasteiger partial charge in [-0.3, -0.25) is 9.59 Å². The third kappa shape index (κ3) is 3.94. The lowest BCUT2D eigenvalue weighted by atomic mass is 10.1. The Morgan fingerprint density at radius 2 is 1.87 bits per heavy atom. The fourth-order valence-electron chi connectivity index (χ4n) is 1.28. The van der Waals surface area contributed by atoms with Crippen LogP contribution in [-0.2, 0) is 16.0 Å². The molecule has 0 heterocycles. The third-order valence-corrected chi connectivity index (χ3v) is 2.07. The van der Waals surface area contributed by atoms with Crippen molar-refractivity contribution < 1.29 is 9.59 Å². The first-order valence-corrected chi connectivity index (χ1v) is 5.09. The van der Waals surface area contributed by atoms with Gasteiger partial charge in [-0.25, -0.2) is 0 Å². The van der Waals surface area contributed by atoms with E-state index in [1.165, 1.54) is 0 Å². The van der Waals surface area contributed by atoms with Gasteiger partial charge in [0, 0.05) is 13.0 Å². The number of ketones is 1. The highest BCUT2D eigenvalue weighted by Crippen LogP contribution is 2.02. The summed E-state index contributed by atoms with van der Waals surface area (Å²) in [7, 11) is 0. The molecule has 0 aromatic heterocycles. The molecule has 0 aliphatic rings. The van der Waals surface area contributed by atoms with Gasteiger partial charge in [-0.15, -0.1) is 0 Å². The Labute approximate surface area is 89.5 Å². The predicted molar refractivity (Wildman–Crippen MR) is 58.5 cm³/mol. The SMILES string of the molecule is CCNC(=O)C(=O)CCc1ccccc1. The van der Waals surface area contributed by atoms with E-state index >= 15 is 0 Å². The number of rotatable bonds is 5. The summed E-state index contributed by atoms with van der Waals surface area (Å²) in [6.07, 6.45) is 0.895. The van der Waals surface area contributed by atoms with Crippen LogP contribution in [0.3, 0.4) is 0 Å². The van der Waals surface area contributed by atoms with E-state index in [4.69, 9.17) is 0 Å². The number of likely N-dealkylation sites (N-methyl/N-ethyl adjacent to an activating group) is 1. The number of nitrogens with one attached hydrogen (secondary N) is 1. The van der Waals surface area contributed by atoms with Gasteiger partial charge in [0.25, 0.3) is 5.91 Å². The van der Waals surface area contributed by atoms with Crippen LogP contribution >= 0.6 is 0 Å². The van der Waals surface area contributed by atoms with Gasteiger partial charge in [0.2, 0.25) is 5.78 Å². The smallest absolute Gasteiger partial charge is 0.287 e. The molecule has 0 aliphatic carbocycles. The van der Waals surface area contributed by atoms with Gasteiger partial charge >= 0.3 is 0 Å². The van der Waals surface area contributed by atoms with Gasteiger partial charge in [-0.05, 0) is 18.9 Å². The first kappa shape index (κ1) is 11.4. The zero-order valence-corrected chi connectivity index (χ0v) is 8.82. The molecule has 1 aromatic carbocycles. The summed E-state index contributed by atoms with van der Waals surface area (Å²) in [5, 5.41) is 2.49. The molecule has 0 saturated carbocycles. The Hall–Kier alpha value is -1.64. The van der Waals surface area contributed by atoms with Crippen molar-refractivity contribution in [3.05, 3.63) is 35.9 Å². The van der Waals surface area contributed by atoms with Crippen LogP contribution in [0, 0.1) is 0 Å². The highest BCUT2D eigenvalue weighted by atomic mass is 16.2. The minimum absolute atomic E-state index is 0.274. The monoisotopic (exact) mass is 205 g/mol. The van der Waals surface area contributed by atoms with E-state index in [1.54, 1.807) is 6.92 Å². The lowest BCUT2D eigenvalue weighted by Crippen LogP contribution is -2.30. The van der Waals surface area contributed by atoms with Crippen LogP contribution in [-0.4, -0.2) is 18.2 Å². The average Bonchev–Trinajstić information content (AvgIpc) is 2.27. The molecule has 1 N–H and O–H groups in total. The van der Waals surface area contributed by atoms with E-state index in [0.29, 0.717) is 13.0 Å². The molecule has 15 heavy (non-hydrogen) atoms. The Balaban J connectivity index is 2.38. The van der Waals surface area contributed by atoms with Gasteiger partial charge in [0.15, 0.2) is 0 Å². The number of aryl methyl sites for hydroxylation is 1. The number of benzene rings is 1. The molecule has 3 heteroatoms. The minimum Gasteiger partial charge on any atom is -0.350 e. The summed E-state index contributed by atoms with van der Waals surface area (Å²) in [4.78, 5) is 22.4. The first-order chi connectivity index (χ1) is 7.24. The summed E-state index contributed by atoms with van der Waals surface area (Å²) in [6.45, 7) is 2.29. The Kier molecular flexibility index (Phi) is 4.54. The van der Waals surface area contributed by atoms with E-state index in [0.717, 1.165) is 5.56 Å². The van der Waals surface area contributed by atoms with Crippen molar-refractivity contribution in [3.63, 3.8) is 0 Å². The second kappa shape index (κ2) is 5.96. The molecule has 0 aliphatic heterocycles. The van der Waals surface area contributed by atoms with Crippen molar-refractivity contribution in [2.75, 3.05) is 6.54 Å². The zero-order valence-electron chi connectivity index (χ0n) is 8.82. The fraction of sp³-hybridized carbons (Fsp3) is 0.333. The normalized spacial score (nSPS) is 9.67. The van der Waals surface area contributed by atoms with Gasteiger partial charge < -0.3 is 5.32 Å². The van der Waals surface area contributed by atoms with Crippen molar-refractivity contribution >= 4 is 11.7 Å². The molecule has 0 fully saturated rings. The van der Waals surface area contributed by atoms with Crippen LogP contribution in [0.1, 0.15) is 18.9 Å². The highest BCUT2D eigenvalue weighted by molar-refractivity contribution is 6.36. The number of carbonyl (C=O) groups excluding carboxylic acids is 2. The standard InChI is InChI=1S/C12H15NO2/c1-2-13-12(15)11(14)9-8-10-6-4-3-5-7-10/h3-7H,2,8-9H2,1H3,(H,13,15). The van der Waals surface area contributed by atoms with Crippen molar-refractivity contribution in [2.24, 2.45) is 0 Å². The summed E-state index contributed by atoms with van der Waals surface area (Å²) in [5.41, 5.74) is 1.08. The lowest BCUT2D eigenvalue weighted by Gasteiger charge is -2.01. The van der Waals surface area contributed by atoms with Crippen LogP contribution < -0.4 is 5.32 Å². The third-order valence-electron chi connectivity index (χ3n) is 2.07. The van der Waals surface area contributed by atoms with Gasteiger partial charge in [0.1, 0.15) is 0 Å². The highest BCUT2D eigenvalue weighted by Gasteiger charge is 2.11. The van der Waals surface area contributed by atoms with Gasteiger partial charge in [0.05, 0.1) is 0 Å². The molecule has 0 atom stereocenters. The average molecular weight is 205 g/mol. The molecule has 0 spiro atoms. The maximum atomic E-state index is 11.3. The molecular weight excluding hydrogens is 190 g/mol. The Morgan fingerprint density at radius 1 is 1.20 bits per heavy atom. The largest absolute Gasteiger partial charge is 0.350 e. The molecule has 0 saturated heterocycles. The number of hydrogen-bond donors (Lipinski definition) is 1. The second-order valence-corrected chi connectivity index (χ2v) is 3.27. The number of hydrogen-bond acceptors (Lipinski definition) is 2.